The zero-order valence-corrected chi connectivity index (χ0v) is 8.59. The van der Waals surface area contributed by atoms with E-state index in [1.54, 1.807) is 0 Å². The van der Waals surface area contributed by atoms with Crippen molar-refractivity contribution in [3.63, 3.8) is 0 Å². The van der Waals surface area contributed by atoms with E-state index >= 15 is 0 Å². The molecule has 0 aliphatic carbocycles. The third-order valence-corrected chi connectivity index (χ3v) is 2.64. The highest BCUT2D eigenvalue weighted by Crippen LogP contribution is 2.33. The Hall–Kier alpha value is -0.340. The van der Waals surface area contributed by atoms with Crippen molar-refractivity contribution >= 4 is 0 Å². The van der Waals surface area contributed by atoms with Gasteiger partial charge in [-0.25, -0.2) is 0 Å². The van der Waals surface area contributed by atoms with E-state index in [1.807, 2.05) is 0 Å². The van der Waals surface area contributed by atoms with Gasteiger partial charge in [-0.05, 0) is 27.7 Å². The Balaban J connectivity index is 2.80. The Morgan fingerprint density at radius 1 is 1.08 bits per heavy atom. The second kappa shape index (κ2) is 2.86. The highest BCUT2D eigenvalue weighted by atomic mass is 15.3. The van der Waals surface area contributed by atoms with Crippen LogP contribution in [0.15, 0.2) is 12.2 Å². The fraction of sp³-hybridized carbons (Fsp3) is 0.800. The largest absolute Gasteiger partial charge is 0.329 e. The van der Waals surface area contributed by atoms with Crippen LogP contribution in [0, 0.1) is 0 Å². The van der Waals surface area contributed by atoms with Crippen molar-refractivity contribution in [2.24, 2.45) is 5.73 Å². The molecule has 1 aliphatic heterocycles. The minimum absolute atomic E-state index is 0.170. The van der Waals surface area contributed by atoms with Crippen molar-refractivity contribution in [3.8, 4) is 0 Å². The molecule has 0 bridgehead atoms. The molecule has 12 heavy (non-hydrogen) atoms. The molecule has 2 nitrogen and oxygen atoms in total. The first kappa shape index (κ1) is 9.75. The molecule has 0 aromatic heterocycles. The van der Waals surface area contributed by atoms with Gasteiger partial charge in [0.1, 0.15) is 0 Å². The van der Waals surface area contributed by atoms with Crippen molar-refractivity contribution in [3.05, 3.63) is 12.2 Å². The molecule has 0 unspecified atom stereocenters. The zero-order valence-electron chi connectivity index (χ0n) is 8.59. The van der Waals surface area contributed by atoms with E-state index < -0.39 is 0 Å². The topological polar surface area (TPSA) is 29.3 Å². The van der Waals surface area contributed by atoms with E-state index in [0.717, 1.165) is 13.1 Å². The normalized spacial score (nSPS) is 26.4. The van der Waals surface area contributed by atoms with Crippen molar-refractivity contribution < 1.29 is 0 Å². The molecular weight excluding hydrogens is 148 g/mol. The quantitative estimate of drug-likeness (QED) is 0.631. The summed E-state index contributed by atoms with van der Waals surface area (Å²) in [6.45, 7) is 10.6. The summed E-state index contributed by atoms with van der Waals surface area (Å²) in [4.78, 5) is 2.43. The van der Waals surface area contributed by atoms with E-state index in [2.05, 4.69) is 44.7 Å². The summed E-state index contributed by atoms with van der Waals surface area (Å²) in [5.74, 6) is 0. The number of nitrogens with zero attached hydrogens (tertiary/aromatic N) is 1. The van der Waals surface area contributed by atoms with Crippen LogP contribution in [0.2, 0.25) is 0 Å². The van der Waals surface area contributed by atoms with E-state index in [4.69, 9.17) is 5.73 Å². The molecule has 0 atom stereocenters. The smallest absolute Gasteiger partial charge is 0.0344 e. The third kappa shape index (κ3) is 1.54. The summed E-state index contributed by atoms with van der Waals surface area (Å²) in [7, 11) is 0. The fourth-order valence-corrected chi connectivity index (χ4v) is 2.04. The van der Waals surface area contributed by atoms with Gasteiger partial charge in [0.15, 0.2) is 0 Å². The van der Waals surface area contributed by atoms with Gasteiger partial charge in [-0.15, -0.1) is 0 Å². The molecule has 0 fully saturated rings. The lowest BCUT2D eigenvalue weighted by atomic mass is 10.0. The first-order valence-corrected chi connectivity index (χ1v) is 4.58. The standard InChI is InChI=1S/C10H20N2/c1-9(2)5-6-10(3,4)12(9)8-7-11/h5-6H,7-8,11H2,1-4H3. The summed E-state index contributed by atoms with van der Waals surface area (Å²) >= 11 is 0. The van der Waals surface area contributed by atoms with Gasteiger partial charge < -0.3 is 5.73 Å². The molecule has 70 valence electrons. The predicted molar refractivity (Wildman–Crippen MR) is 53.1 cm³/mol. The molecular formula is C10H20N2. The Labute approximate surface area is 75.4 Å². The van der Waals surface area contributed by atoms with Crippen LogP contribution in [0.1, 0.15) is 27.7 Å². The molecule has 0 amide bonds. The Morgan fingerprint density at radius 2 is 1.50 bits per heavy atom. The minimum atomic E-state index is 0.170. The van der Waals surface area contributed by atoms with Gasteiger partial charge in [0.2, 0.25) is 0 Å². The van der Waals surface area contributed by atoms with Crippen LogP contribution >= 0.6 is 0 Å². The van der Waals surface area contributed by atoms with E-state index in [-0.39, 0.29) is 11.1 Å². The predicted octanol–water partition coefficient (Wildman–Crippen LogP) is 1.37. The number of hydrogen-bond acceptors (Lipinski definition) is 2. The highest BCUT2D eigenvalue weighted by molar-refractivity contribution is 5.20. The summed E-state index contributed by atoms with van der Waals surface area (Å²) in [6, 6.07) is 0. The average Bonchev–Trinajstić information content (AvgIpc) is 2.13. The average molecular weight is 168 g/mol. The van der Waals surface area contributed by atoms with Gasteiger partial charge in [0.05, 0.1) is 0 Å². The van der Waals surface area contributed by atoms with Gasteiger partial charge >= 0.3 is 0 Å². The maximum absolute atomic E-state index is 5.58. The van der Waals surface area contributed by atoms with Crippen molar-refractivity contribution in [1.82, 2.24) is 4.90 Å². The molecule has 2 heteroatoms. The number of rotatable bonds is 2. The maximum atomic E-state index is 5.58. The van der Waals surface area contributed by atoms with Gasteiger partial charge in [-0.1, -0.05) is 12.2 Å². The highest BCUT2D eigenvalue weighted by Gasteiger charge is 2.38. The lowest BCUT2D eigenvalue weighted by Gasteiger charge is -2.40. The number of hydrogen-bond donors (Lipinski definition) is 1. The van der Waals surface area contributed by atoms with Crippen molar-refractivity contribution in [2.45, 2.75) is 38.8 Å². The molecule has 0 saturated heterocycles. The minimum Gasteiger partial charge on any atom is -0.329 e. The monoisotopic (exact) mass is 168 g/mol. The van der Waals surface area contributed by atoms with Crippen LogP contribution in [0.25, 0.3) is 0 Å². The van der Waals surface area contributed by atoms with Crippen LogP contribution in [0.5, 0.6) is 0 Å². The molecule has 2 N–H and O–H groups in total. The molecule has 1 heterocycles. The van der Waals surface area contributed by atoms with E-state index in [1.165, 1.54) is 0 Å². The molecule has 0 spiro atoms. The lowest BCUT2D eigenvalue weighted by molar-refractivity contribution is 0.101. The number of nitrogens with two attached hydrogens (primary N) is 1. The lowest BCUT2D eigenvalue weighted by Crippen LogP contribution is -2.51. The third-order valence-electron chi connectivity index (χ3n) is 2.64. The molecule has 0 radical (unpaired) electrons. The van der Waals surface area contributed by atoms with Crippen LogP contribution in [-0.4, -0.2) is 29.1 Å². The first-order chi connectivity index (χ1) is 5.40. The van der Waals surface area contributed by atoms with Gasteiger partial charge in [0, 0.05) is 24.2 Å². The Morgan fingerprint density at radius 3 is 1.83 bits per heavy atom. The second-order valence-electron chi connectivity index (χ2n) is 4.58. The van der Waals surface area contributed by atoms with Crippen LogP contribution in [0.3, 0.4) is 0 Å². The van der Waals surface area contributed by atoms with Crippen LogP contribution in [-0.2, 0) is 0 Å². The molecule has 1 rings (SSSR count). The molecule has 1 aliphatic rings. The fourth-order valence-electron chi connectivity index (χ4n) is 2.04. The maximum Gasteiger partial charge on any atom is 0.0344 e. The summed E-state index contributed by atoms with van der Waals surface area (Å²) in [5, 5.41) is 0. The summed E-state index contributed by atoms with van der Waals surface area (Å²) in [5.41, 5.74) is 5.92. The van der Waals surface area contributed by atoms with Crippen molar-refractivity contribution in [2.75, 3.05) is 13.1 Å². The molecule has 0 aromatic carbocycles. The summed E-state index contributed by atoms with van der Waals surface area (Å²) < 4.78 is 0. The molecule has 0 saturated carbocycles. The van der Waals surface area contributed by atoms with Crippen molar-refractivity contribution in [1.29, 1.82) is 0 Å². The zero-order chi connectivity index (χ0) is 9.41. The first-order valence-electron chi connectivity index (χ1n) is 4.58. The van der Waals surface area contributed by atoms with Crippen LogP contribution in [0.4, 0.5) is 0 Å². The van der Waals surface area contributed by atoms with Gasteiger partial charge in [0.25, 0.3) is 0 Å². The Kier molecular flexibility index (Phi) is 2.32. The van der Waals surface area contributed by atoms with Gasteiger partial charge in [-0.2, -0.15) is 0 Å². The van der Waals surface area contributed by atoms with E-state index in [9.17, 15) is 0 Å². The second-order valence-corrected chi connectivity index (χ2v) is 4.58. The summed E-state index contributed by atoms with van der Waals surface area (Å²) in [6.07, 6.45) is 4.53. The molecule has 0 aromatic rings. The Bertz CT molecular complexity index is 174. The van der Waals surface area contributed by atoms with E-state index in [0.29, 0.717) is 0 Å². The SMILES string of the molecule is CC1(C)C=CC(C)(C)N1CCN. The van der Waals surface area contributed by atoms with Crippen LogP contribution < -0.4 is 5.73 Å². The van der Waals surface area contributed by atoms with Gasteiger partial charge in [-0.3, -0.25) is 4.90 Å².